The van der Waals surface area contributed by atoms with E-state index in [1.165, 1.54) is 23.1 Å². The maximum Gasteiger partial charge on any atom is 0.311 e. The zero-order valence-corrected chi connectivity index (χ0v) is 11.6. The molecule has 0 bridgehead atoms. The van der Waals surface area contributed by atoms with Crippen LogP contribution in [0.4, 0.5) is 4.39 Å². The molecule has 0 spiro atoms. The first-order chi connectivity index (χ1) is 9.36. The fourth-order valence-electron chi connectivity index (χ4n) is 2.70. The van der Waals surface area contributed by atoms with Gasteiger partial charge in [-0.05, 0) is 30.5 Å². The number of hydrogen-bond donors (Lipinski definition) is 1. The number of halogens is 1. The van der Waals surface area contributed by atoms with Crippen LogP contribution in [0.15, 0.2) is 24.3 Å². The quantitative estimate of drug-likeness (QED) is 0.924. The van der Waals surface area contributed by atoms with E-state index >= 15 is 0 Å². The van der Waals surface area contributed by atoms with Gasteiger partial charge in [0, 0.05) is 18.7 Å². The number of carbonyl (C=O) groups is 2. The third-order valence-corrected chi connectivity index (χ3v) is 4.19. The SMILES string of the molecule is CC(C)C1(C(=O)O)CCN(C(=O)c2cccc(F)c2)C1. The van der Waals surface area contributed by atoms with Gasteiger partial charge in [-0.3, -0.25) is 9.59 Å². The zero-order valence-electron chi connectivity index (χ0n) is 11.6. The van der Waals surface area contributed by atoms with Gasteiger partial charge in [0.05, 0.1) is 5.41 Å². The molecule has 0 saturated carbocycles. The number of benzene rings is 1. The summed E-state index contributed by atoms with van der Waals surface area (Å²) >= 11 is 0. The average Bonchev–Trinajstić information content (AvgIpc) is 2.84. The van der Waals surface area contributed by atoms with Crippen LogP contribution in [0.2, 0.25) is 0 Å². The standard InChI is InChI=1S/C15H18FNO3/c1-10(2)15(14(19)20)6-7-17(9-15)13(18)11-4-3-5-12(16)8-11/h3-5,8,10H,6-7,9H2,1-2H3,(H,19,20). The van der Waals surface area contributed by atoms with E-state index in [1.54, 1.807) is 6.07 Å². The minimum absolute atomic E-state index is 0.0645. The maximum atomic E-state index is 13.2. The normalized spacial score (nSPS) is 22.3. The summed E-state index contributed by atoms with van der Waals surface area (Å²) in [5.74, 6) is -1.72. The summed E-state index contributed by atoms with van der Waals surface area (Å²) in [7, 11) is 0. The Morgan fingerprint density at radius 3 is 2.60 bits per heavy atom. The number of amides is 1. The number of likely N-dealkylation sites (tertiary alicyclic amines) is 1. The van der Waals surface area contributed by atoms with Crippen LogP contribution in [-0.4, -0.2) is 35.0 Å². The molecule has 5 heteroatoms. The van der Waals surface area contributed by atoms with Crippen LogP contribution in [-0.2, 0) is 4.79 Å². The second-order valence-electron chi connectivity index (χ2n) is 5.60. The van der Waals surface area contributed by atoms with Crippen LogP contribution in [0, 0.1) is 17.2 Å². The summed E-state index contributed by atoms with van der Waals surface area (Å²) in [5.41, 5.74) is -0.641. The summed E-state index contributed by atoms with van der Waals surface area (Å²) in [6.45, 7) is 4.27. The Hall–Kier alpha value is -1.91. The third kappa shape index (κ3) is 2.40. The smallest absolute Gasteiger partial charge is 0.311 e. The zero-order chi connectivity index (χ0) is 14.9. The monoisotopic (exact) mass is 279 g/mol. The molecule has 1 aliphatic rings. The van der Waals surface area contributed by atoms with Crippen molar-refractivity contribution in [2.45, 2.75) is 20.3 Å². The molecule has 1 saturated heterocycles. The third-order valence-electron chi connectivity index (χ3n) is 4.19. The van der Waals surface area contributed by atoms with Crippen LogP contribution < -0.4 is 0 Å². The number of nitrogens with zero attached hydrogens (tertiary/aromatic N) is 1. The summed E-state index contributed by atoms with van der Waals surface area (Å²) in [6, 6.07) is 5.47. The molecule has 1 atom stereocenters. The molecule has 1 unspecified atom stereocenters. The number of carbonyl (C=O) groups excluding carboxylic acids is 1. The van der Waals surface area contributed by atoms with Crippen molar-refractivity contribution in [3.05, 3.63) is 35.6 Å². The topological polar surface area (TPSA) is 57.6 Å². The summed E-state index contributed by atoms with van der Waals surface area (Å²) in [4.78, 5) is 25.3. The van der Waals surface area contributed by atoms with Crippen molar-refractivity contribution in [2.24, 2.45) is 11.3 Å². The van der Waals surface area contributed by atoms with Crippen molar-refractivity contribution in [3.63, 3.8) is 0 Å². The fraction of sp³-hybridized carbons (Fsp3) is 0.467. The molecule has 1 N–H and O–H groups in total. The predicted molar refractivity (Wildman–Crippen MR) is 71.8 cm³/mol. The lowest BCUT2D eigenvalue weighted by atomic mass is 9.76. The molecule has 0 aromatic heterocycles. The Morgan fingerprint density at radius 2 is 2.10 bits per heavy atom. The van der Waals surface area contributed by atoms with E-state index in [1.807, 2.05) is 13.8 Å². The lowest BCUT2D eigenvalue weighted by molar-refractivity contribution is -0.150. The Bertz CT molecular complexity index is 544. The average molecular weight is 279 g/mol. The van der Waals surface area contributed by atoms with Crippen molar-refractivity contribution < 1.29 is 19.1 Å². The van der Waals surface area contributed by atoms with Crippen LogP contribution >= 0.6 is 0 Å². The van der Waals surface area contributed by atoms with E-state index in [0.717, 1.165) is 0 Å². The van der Waals surface area contributed by atoms with Crippen LogP contribution in [0.3, 0.4) is 0 Å². The molecule has 108 valence electrons. The molecule has 1 heterocycles. The van der Waals surface area contributed by atoms with Crippen molar-refractivity contribution in [3.8, 4) is 0 Å². The fourth-order valence-corrected chi connectivity index (χ4v) is 2.70. The highest BCUT2D eigenvalue weighted by molar-refractivity contribution is 5.95. The Kier molecular flexibility index (Phi) is 3.79. The molecule has 2 rings (SSSR count). The van der Waals surface area contributed by atoms with Gasteiger partial charge in [-0.1, -0.05) is 19.9 Å². The van der Waals surface area contributed by atoms with Gasteiger partial charge in [0.15, 0.2) is 0 Å². The molecule has 1 aromatic carbocycles. The van der Waals surface area contributed by atoms with E-state index in [0.29, 0.717) is 13.0 Å². The largest absolute Gasteiger partial charge is 0.481 e. The highest BCUT2D eigenvalue weighted by Crippen LogP contribution is 2.38. The second-order valence-corrected chi connectivity index (χ2v) is 5.60. The van der Waals surface area contributed by atoms with Gasteiger partial charge in [-0.15, -0.1) is 0 Å². The van der Waals surface area contributed by atoms with Crippen molar-refractivity contribution >= 4 is 11.9 Å². The van der Waals surface area contributed by atoms with Gasteiger partial charge in [0.1, 0.15) is 5.82 Å². The lowest BCUT2D eigenvalue weighted by Gasteiger charge is -2.28. The molecule has 0 radical (unpaired) electrons. The number of rotatable bonds is 3. The van der Waals surface area contributed by atoms with E-state index in [4.69, 9.17) is 0 Å². The highest BCUT2D eigenvalue weighted by atomic mass is 19.1. The van der Waals surface area contributed by atoms with Gasteiger partial charge in [-0.25, -0.2) is 4.39 Å². The van der Waals surface area contributed by atoms with E-state index in [9.17, 15) is 19.1 Å². The molecule has 1 fully saturated rings. The predicted octanol–water partition coefficient (Wildman–Crippen LogP) is 2.40. The minimum Gasteiger partial charge on any atom is -0.481 e. The van der Waals surface area contributed by atoms with Gasteiger partial charge in [-0.2, -0.15) is 0 Å². The number of hydrogen-bond acceptors (Lipinski definition) is 2. The highest BCUT2D eigenvalue weighted by Gasteiger charge is 2.48. The molecule has 1 aliphatic heterocycles. The van der Waals surface area contributed by atoms with E-state index in [2.05, 4.69) is 0 Å². The number of carboxylic acids is 1. The molecule has 20 heavy (non-hydrogen) atoms. The van der Waals surface area contributed by atoms with Crippen LogP contribution in [0.25, 0.3) is 0 Å². The first-order valence-electron chi connectivity index (χ1n) is 6.65. The van der Waals surface area contributed by atoms with Gasteiger partial charge >= 0.3 is 5.97 Å². The van der Waals surface area contributed by atoms with E-state index < -0.39 is 17.2 Å². The second kappa shape index (κ2) is 5.23. The summed E-state index contributed by atoms with van der Waals surface area (Å²) in [6.07, 6.45) is 0.432. The first-order valence-corrected chi connectivity index (χ1v) is 6.65. The van der Waals surface area contributed by atoms with Gasteiger partial charge < -0.3 is 10.0 Å². The van der Waals surface area contributed by atoms with Crippen molar-refractivity contribution in [1.29, 1.82) is 0 Å². The number of aliphatic carboxylic acids is 1. The molecular weight excluding hydrogens is 261 g/mol. The Labute approximate surface area is 117 Å². The maximum absolute atomic E-state index is 13.2. The molecular formula is C15H18FNO3. The molecule has 1 aromatic rings. The molecule has 1 amide bonds. The first kappa shape index (κ1) is 14.5. The van der Waals surface area contributed by atoms with Crippen molar-refractivity contribution in [1.82, 2.24) is 4.90 Å². The summed E-state index contributed by atoms with van der Waals surface area (Å²) < 4.78 is 13.2. The van der Waals surface area contributed by atoms with Crippen molar-refractivity contribution in [2.75, 3.05) is 13.1 Å². The van der Waals surface area contributed by atoms with Gasteiger partial charge in [0.25, 0.3) is 5.91 Å². The number of carboxylic acid groups (broad SMARTS) is 1. The van der Waals surface area contributed by atoms with Crippen LogP contribution in [0.1, 0.15) is 30.6 Å². The lowest BCUT2D eigenvalue weighted by Crippen LogP contribution is -2.40. The molecule has 0 aliphatic carbocycles. The summed E-state index contributed by atoms with van der Waals surface area (Å²) in [5, 5.41) is 9.45. The van der Waals surface area contributed by atoms with Gasteiger partial charge in [0.2, 0.25) is 0 Å². The van der Waals surface area contributed by atoms with Crippen LogP contribution in [0.5, 0.6) is 0 Å². The Balaban J connectivity index is 2.21. The van der Waals surface area contributed by atoms with E-state index in [-0.39, 0.29) is 23.9 Å². The Morgan fingerprint density at radius 1 is 1.40 bits per heavy atom. The minimum atomic E-state index is -0.900. The molecule has 4 nitrogen and oxygen atoms in total.